The molecule has 3 heteroatoms. The summed E-state index contributed by atoms with van der Waals surface area (Å²) in [6, 6.07) is 1.09. The van der Waals surface area contributed by atoms with Crippen molar-refractivity contribution in [3.63, 3.8) is 0 Å². The molecule has 1 saturated heterocycles. The zero-order chi connectivity index (χ0) is 12.1. The summed E-state index contributed by atoms with van der Waals surface area (Å²) in [5, 5.41) is 13.7. The summed E-state index contributed by atoms with van der Waals surface area (Å²) in [7, 11) is 0. The van der Waals surface area contributed by atoms with Gasteiger partial charge in [-0.25, -0.2) is 0 Å². The number of rotatable bonds is 4. The molecule has 0 aromatic rings. The fourth-order valence-electron chi connectivity index (χ4n) is 3.47. The van der Waals surface area contributed by atoms with E-state index in [1.807, 2.05) is 0 Å². The fraction of sp³-hybridized carbons (Fsp3) is 1.00. The number of piperidine rings is 1. The van der Waals surface area contributed by atoms with Gasteiger partial charge < -0.3 is 10.4 Å². The van der Waals surface area contributed by atoms with Gasteiger partial charge in [0.25, 0.3) is 0 Å². The highest BCUT2D eigenvalue weighted by Gasteiger charge is 2.33. The third kappa shape index (κ3) is 3.43. The van der Waals surface area contributed by atoms with Crippen LogP contribution in [0.2, 0.25) is 0 Å². The van der Waals surface area contributed by atoms with Crippen LogP contribution in [-0.4, -0.2) is 47.8 Å². The van der Waals surface area contributed by atoms with Gasteiger partial charge in [-0.1, -0.05) is 26.2 Å². The predicted octanol–water partition coefficient (Wildman–Crippen LogP) is 1.75. The molecule has 1 heterocycles. The summed E-state index contributed by atoms with van der Waals surface area (Å²) in [5.41, 5.74) is 0. The number of likely N-dealkylation sites (N-methyl/N-ethyl adjacent to an activating group) is 1. The number of aliphatic hydroxyl groups excluding tert-OH is 1. The van der Waals surface area contributed by atoms with Crippen molar-refractivity contribution in [1.82, 2.24) is 10.2 Å². The van der Waals surface area contributed by atoms with Crippen LogP contribution in [0, 0.1) is 0 Å². The van der Waals surface area contributed by atoms with Gasteiger partial charge in [-0.05, 0) is 38.8 Å². The van der Waals surface area contributed by atoms with E-state index >= 15 is 0 Å². The van der Waals surface area contributed by atoms with E-state index in [0.717, 1.165) is 19.5 Å². The first-order valence-electron chi connectivity index (χ1n) is 7.47. The van der Waals surface area contributed by atoms with E-state index in [9.17, 15) is 5.11 Å². The first-order chi connectivity index (χ1) is 8.33. The fourth-order valence-corrected chi connectivity index (χ4v) is 3.47. The van der Waals surface area contributed by atoms with Gasteiger partial charge in [0.05, 0.1) is 6.10 Å². The van der Waals surface area contributed by atoms with Gasteiger partial charge >= 0.3 is 0 Å². The summed E-state index contributed by atoms with van der Waals surface area (Å²) < 4.78 is 0. The maximum atomic E-state index is 10.2. The molecule has 0 amide bonds. The molecule has 3 nitrogen and oxygen atoms in total. The van der Waals surface area contributed by atoms with Gasteiger partial charge in [0.2, 0.25) is 0 Å². The molecule has 2 fully saturated rings. The maximum absolute atomic E-state index is 10.2. The quantitative estimate of drug-likeness (QED) is 0.786. The molecular weight excluding hydrogens is 212 g/mol. The molecule has 17 heavy (non-hydrogen) atoms. The van der Waals surface area contributed by atoms with Crippen molar-refractivity contribution < 1.29 is 5.11 Å². The molecule has 0 bridgehead atoms. The van der Waals surface area contributed by atoms with E-state index in [-0.39, 0.29) is 6.10 Å². The number of nitrogens with zero attached hydrogens (tertiary/aromatic N) is 1. The topological polar surface area (TPSA) is 35.5 Å². The van der Waals surface area contributed by atoms with Crippen LogP contribution >= 0.6 is 0 Å². The zero-order valence-corrected chi connectivity index (χ0v) is 11.2. The largest absolute Gasteiger partial charge is 0.391 e. The Labute approximate surface area is 106 Å². The first kappa shape index (κ1) is 13.3. The Hall–Kier alpha value is -0.120. The lowest BCUT2D eigenvalue weighted by Crippen LogP contribution is -2.55. The number of likely N-dealkylation sites (tertiary alicyclic amines) is 1. The van der Waals surface area contributed by atoms with Crippen molar-refractivity contribution in [1.29, 1.82) is 0 Å². The van der Waals surface area contributed by atoms with Gasteiger partial charge in [-0.2, -0.15) is 0 Å². The Morgan fingerprint density at radius 3 is 2.65 bits per heavy atom. The van der Waals surface area contributed by atoms with Crippen molar-refractivity contribution >= 4 is 0 Å². The molecule has 100 valence electrons. The summed E-state index contributed by atoms with van der Waals surface area (Å²) in [5.74, 6) is 0. The van der Waals surface area contributed by atoms with Crippen molar-refractivity contribution in [2.75, 3.05) is 19.6 Å². The lowest BCUT2D eigenvalue weighted by atomic mass is 9.88. The van der Waals surface area contributed by atoms with Crippen LogP contribution in [0.15, 0.2) is 0 Å². The molecule has 1 aliphatic carbocycles. The smallest absolute Gasteiger partial charge is 0.0695 e. The number of hydrogen-bond acceptors (Lipinski definition) is 3. The van der Waals surface area contributed by atoms with Gasteiger partial charge in [0.15, 0.2) is 0 Å². The molecular formula is C14H28N2O. The first-order valence-corrected chi connectivity index (χ1v) is 7.47. The number of nitrogens with one attached hydrogen (secondary N) is 1. The molecule has 2 rings (SSSR count). The normalized spacial score (nSPS) is 36.0. The Bertz CT molecular complexity index is 222. The van der Waals surface area contributed by atoms with E-state index in [1.165, 1.54) is 45.1 Å². The maximum Gasteiger partial charge on any atom is 0.0695 e. The highest BCUT2D eigenvalue weighted by atomic mass is 16.3. The standard InChI is InChI=1S/C14H28N2O/c1-2-15-11-12-7-5-6-10-16(12)13-8-3-4-9-14(13)17/h12-15,17H,2-11H2,1H3. The second-order valence-corrected chi connectivity index (χ2v) is 5.61. The van der Waals surface area contributed by atoms with Crippen LogP contribution in [0.3, 0.4) is 0 Å². The molecule has 0 spiro atoms. The molecule has 0 radical (unpaired) electrons. The molecule has 0 aromatic heterocycles. The molecule has 1 saturated carbocycles. The third-order valence-electron chi connectivity index (χ3n) is 4.42. The number of hydrogen-bond donors (Lipinski definition) is 2. The zero-order valence-electron chi connectivity index (χ0n) is 11.2. The third-order valence-corrected chi connectivity index (χ3v) is 4.42. The SMILES string of the molecule is CCNCC1CCCCN1C1CCCCC1O. The van der Waals surface area contributed by atoms with Gasteiger partial charge in [-0.3, -0.25) is 4.90 Å². The second-order valence-electron chi connectivity index (χ2n) is 5.61. The van der Waals surface area contributed by atoms with Crippen LogP contribution < -0.4 is 5.32 Å². The molecule has 1 aliphatic heterocycles. The van der Waals surface area contributed by atoms with Gasteiger partial charge in [0, 0.05) is 18.6 Å². The van der Waals surface area contributed by atoms with Gasteiger partial charge in [0.1, 0.15) is 0 Å². The molecule has 2 aliphatic rings. The highest BCUT2D eigenvalue weighted by Crippen LogP contribution is 2.28. The van der Waals surface area contributed by atoms with E-state index in [4.69, 9.17) is 0 Å². The summed E-state index contributed by atoms with van der Waals surface area (Å²) in [6.45, 7) is 5.51. The van der Waals surface area contributed by atoms with Crippen molar-refractivity contribution in [2.24, 2.45) is 0 Å². The highest BCUT2D eigenvalue weighted by molar-refractivity contribution is 4.89. The van der Waals surface area contributed by atoms with Crippen molar-refractivity contribution in [3.05, 3.63) is 0 Å². The molecule has 3 atom stereocenters. The summed E-state index contributed by atoms with van der Waals surface area (Å²) in [6.07, 6.45) is 8.61. The minimum atomic E-state index is -0.0778. The van der Waals surface area contributed by atoms with E-state index in [2.05, 4.69) is 17.1 Å². The summed E-state index contributed by atoms with van der Waals surface area (Å²) >= 11 is 0. The lowest BCUT2D eigenvalue weighted by molar-refractivity contribution is -0.0145. The van der Waals surface area contributed by atoms with Crippen LogP contribution in [-0.2, 0) is 0 Å². The van der Waals surface area contributed by atoms with E-state index < -0.39 is 0 Å². The van der Waals surface area contributed by atoms with Crippen LogP contribution in [0.5, 0.6) is 0 Å². The van der Waals surface area contributed by atoms with Crippen LogP contribution in [0.1, 0.15) is 51.9 Å². The van der Waals surface area contributed by atoms with Crippen molar-refractivity contribution in [2.45, 2.75) is 70.1 Å². The Balaban J connectivity index is 1.94. The van der Waals surface area contributed by atoms with Crippen LogP contribution in [0.25, 0.3) is 0 Å². The van der Waals surface area contributed by atoms with Gasteiger partial charge in [-0.15, -0.1) is 0 Å². The average molecular weight is 240 g/mol. The number of aliphatic hydroxyl groups is 1. The van der Waals surface area contributed by atoms with Crippen LogP contribution in [0.4, 0.5) is 0 Å². The predicted molar refractivity (Wildman–Crippen MR) is 71.2 cm³/mol. The Kier molecular flexibility index (Phi) is 5.26. The molecule has 3 unspecified atom stereocenters. The monoisotopic (exact) mass is 240 g/mol. The van der Waals surface area contributed by atoms with E-state index in [0.29, 0.717) is 12.1 Å². The lowest BCUT2D eigenvalue weighted by Gasteiger charge is -2.44. The minimum absolute atomic E-state index is 0.0778. The second kappa shape index (κ2) is 6.72. The average Bonchev–Trinajstić information content (AvgIpc) is 2.37. The van der Waals surface area contributed by atoms with Crippen molar-refractivity contribution in [3.8, 4) is 0 Å². The van der Waals surface area contributed by atoms with E-state index in [1.54, 1.807) is 0 Å². The minimum Gasteiger partial charge on any atom is -0.391 e. The summed E-state index contributed by atoms with van der Waals surface area (Å²) in [4.78, 5) is 2.61. The molecule has 0 aromatic carbocycles. The Morgan fingerprint density at radius 1 is 1.12 bits per heavy atom. The Morgan fingerprint density at radius 2 is 1.88 bits per heavy atom. The molecule has 2 N–H and O–H groups in total.